The van der Waals surface area contributed by atoms with Gasteiger partial charge in [-0.25, -0.2) is 0 Å². The Morgan fingerprint density at radius 3 is 2.54 bits per heavy atom. The van der Waals surface area contributed by atoms with Crippen LogP contribution in [0.2, 0.25) is 0 Å². The molecule has 2 N–H and O–H groups in total. The largest absolute Gasteiger partial charge is 0.381 e. The second-order valence-corrected chi connectivity index (χ2v) is 4.69. The van der Waals surface area contributed by atoms with Crippen molar-refractivity contribution in [3.63, 3.8) is 0 Å². The molecule has 0 heterocycles. The van der Waals surface area contributed by atoms with E-state index in [1.165, 1.54) is 32.1 Å². The molecule has 0 spiro atoms. The van der Waals surface area contributed by atoms with Crippen molar-refractivity contribution in [1.29, 1.82) is 0 Å². The molecule has 2 aliphatic carbocycles. The number of methoxy groups -OCH3 is 1. The molecule has 0 aromatic carbocycles. The fourth-order valence-electron chi connectivity index (χ4n) is 2.80. The minimum atomic E-state index is 0.537. The Morgan fingerprint density at radius 2 is 2.00 bits per heavy atom. The van der Waals surface area contributed by atoms with Crippen LogP contribution in [0.1, 0.15) is 32.1 Å². The Balaban J connectivity index is 1.92. The zero-order valence-corrected chi connectivity index (χ0v) is 8.54. The van der Waals surface area contributed by atoms with Crippen molar-refractivity contribution in [2.24, 2.45) is 23.5 Å². The summed E-state index contributed by atoms with van der Waals surface area (Å²) >= 11 is 0. The molecule has 76 valence electrons. The summed E-state index contributed by atoms with van der Waals surface area (Å²) in [5, 5.41) is 0. The van der Waals surface area contributed by atoms with Crippen molar-refractivity contribution in [3.05, 3.63) is 0 Å². The van der Waals surface area contributed by atoms with E-state index in [1.54, 1.807) is 0 Å². The lowest BCUT2D eigenvalue weighted by Crippen LogP contribution is -2.34. The first-order chi connectivity index (χ1) is 6.35. The zero-order chi connectivity index (χ0) is 9.26. The quantitative estimate of drug-likeness (QED) is 0.724. The summed E-state index contributed by atoms with van der Waals surface area (Å²) in [6.45, 7) is 0.875. The number of ether oxygens (including phenoxy) is 1. The van der Waals surface area contributed by atoms with Gasteiger partial charge in [0.15, 0.2) is 0 Å². The standard InChI is InChI=1S/C11H21NO/c1-13-11-5-2-8(7-12)6-10(11)9-3-4-9/h8-11H,2-7,12H2,1H3. The number of hydrogen-bond acceptors (Lipinski definition) is 2. The first-order valence-electron chi connectivity index (χ1n) is 5.58. The highest BCUT2D eigenvalue weighted by Gasteiger charge is 2.40. The van der Waals surface area contributed by atoms with E-state index in [-0.39, 0.29) is 0 Å². The molecule has 0 bridgehead atoms. The fourth-order valence-corrected chi connectivity index (χ4v) is 2.80. The Hall–Kier alpha value is -0.0800. The van der Waals surface area contributed by atoms with Crippen molar-refractivity contribution < 1.29 is 4.74 Å². The lowest BCUT2D eigenvalue weighted by atomic mass is 9.77. The SMILES string of the molecule is COC1CCC(CN)CC1C1CC1. The van der Waals surface area contributed by atoms with Crippen molar-refractivity contribution in [3.8, 4) is 0 Å². The molecule has 0 aliphatic heterocycles. The summed E-state index contributed by atoms with van der Waals surface area (Å²) in [6.07, 6.45) is 7.23. The van der Waals surface area contributed by atoms with Crippen molar-refractivity contribution in [2.45, 2.75) is 38.2 Å². The Labute approximate surface area is 80.8 Å². The molecule has 0 amide bonds. The molecule has 3 atom stereocenters. The first kappa shape index (κ1) is 9.47. The van der Waals surface area contributed by atoms with Gasteiger partial charge in [0.2, 0.25) is 0 Å². The predicted molar refractivity (Wildman–Crippen MR) is 53.4 cm³/mol. The van der Waals surface area contributed by atoms with Crippen LogP contribution in [-0.2, 0) is 4.74 Å². The third-order valence-electron chi connectivity index (χ3n) is 3.81. The van der Waals surface area contributed by atoms with E-state index in [4.69, 9.17) is 10.5 Å². The number of nitrogens with two attached hydrogens (primary N) is 1. The van der Waals surface area contributed by atoms with Crippen molar-refractivity contribution in [1.82, 2.24) is 0 Å². The predicted octanol–water partition coefficient (Wildman–Crippen LogP) is 1.79. The van der Waals surface area contributed by atoms with E-state index < -0.39 is 0 Å². The highest BCUT2D eigenvalue weighted by atomic mass is 16.5. The van der Waals surface area contributed by atoms with Gasteiger partial charge in [0.05, 0.1) is 6.10 Å². The van der Waals surface area contributed by atoms with Gasteiger partial charge in [-0.05, 0) is 56.4 Å². The maximum atomic E-state index is 5.73. The second kappa shape index (κ2) is 3.97. The van der Waals surface area contributed by atoms with Crippen LogP contribution in [0.5, 0.6) is 0 Å². The van der Waals surface area contributed by atoms with Crippen LogP contribution in [0.3, 0.4) is 0 Å². The van der Waals surface area contributed by atoms with Gasteiger partial charge in [-0.3, -0.25) is 0 Å². The third kappa shape index (κ3) is 2.05. The molecule has 0 radical (unpaired) electrons. The lowest BCUT2D eigenvalue weighted by molar-refractivity contribution is 0.000426. The topological polar surface area (TPSA) is 35.2 Å². The zero-order valence-electron chi connectivity index (χ0n) is 8.54. The van der Waals surface area contributed by atoms with Gasteiger partial charge in [-0.15, -0.1) is 0 Å². The maximum absolute atomic E-state index is 5.73. The summed E-state index contributed by atoms with van der Waals surface area (Å²) in [5.74, 6) is 2.57. The van der Waals surface area contributed by atoms with Crippen LogP contribution in [0, 0.1) is 17.8 Å². The van der Waals surface area contributed by atoms with Gasteiger partial charge in [0, 0.05) is 7.11 Å². The molecule has 3 unspecified atom stereocenters. The number of hydrogen-bond donors (Lipinski definition) is 1. The van der Waals surface area contributed by atoms with Gasteiger partial charge in [-0.2, -0.15) is 0 Å². The molecule has 0 aromatic rings. The average molecular weight is 183 g/mol. The van der Waals surface area contributed by atoms with E-state index in [0.29, 0.717) is 6.10 Å². The van der Waals surface area contributed by atoms with Crippen LogP contribution >= 0.6 is 0 Å². The summed E-state index contributed by atoms with van der Waals surface area (Å²) in [7, 11) is 1.86. The molecule has 2 fully saturated rings. The van der Waals surface area contributed by atoms with Crippen LogP contribution in [-0.4, -0.2) is 19.8 Å². The lowest BCUT2D eigenvalue weighted by Gasteiger charge is -2.35. The van der Waals surface area contributed by atoms with E-state index >= 15 is 0 Å². The van der Waals surface area contributed by atoms with Crippen molar-refractivity contribution >= 4 is 0 Å². The maximum Gasteiger partial charge on any atom is 0.0602 e. The molecule has 2 heteroatoms. The first-order valence-corrected chi connectivity index (χ1v) is 5.58. The Bertz CT molecular complexity index is 167. The van der Waals surface area contributed by atoms with Gasteiger partial charge < -0.3 is 10.5 Å². The summed E-state index contributed by atoms with van der Waals surface area (Å²) < 4.78 is 5.56. The van der Waals surface area contributed by atoms with Crippen LogP contribution in [0.4, 0.5) is 0 Å². The van der Waals surface area contributed by atoms with Gasteiger partial charge >= 0.3 is 0 Å². The molecule has 2 nitrogen and oxygen atoms in total. The molecule has 2 saturated carbocycles. The van der Waals surface area contributed by atoms with Gasteiger partial charge in [-0.1, -0.05) is 0 Å². The fraction of sp³-hybridized carbons (Fsp3) is 1.00. The molecular formula is C11H21NO. The molecule has 13 heavy (non-hydrogen) atoms. The molecule has 0 aromatic heterocycles. The third-order valence-corrected chi connectivity index (χ3v) is 3.81. The van der Waals surface area contributed by atoms with Crippen LogP contribution in [0.25, 0.3) is 0 Å². The highest BCUT2D eigenvalue weighted by Crippen LogP contribution is 2.46. The second-order valence-electron chi connectivity index (χ2n) is 4.69. The Kier molecular flexibility index (Phi) is 2.89. The van der Waals surface area contributed by atoms with E-state index in [1.807, 2.05) is 7.11 Å². The summed E-state index contributed by atoms with van der Waals surface area (Å²) in [4.78, 5) is 0. The highest BCUT2D eigenvalue weighted by molar-refractivity contribution is 4.91. The van der Waals surface area contributed by atoms with Crippen LogP contribution in [0.15, 0.2) is 0 Å². The average Bonchev–Trinajstić information content (AvgIpc) is 3.00. The number of rotatable bonds is 3. The van der Waals surface area contributed by atoms with Crippen molar-refractivity contribution in [2.75, 3.05) is 13.7 Å². The van der Waals surface area contributed by atoms with Gasteiger partial charge in [0.1, 0.15) is 0 Å². The minimum absolute atomic E-state index is 0.537. The van der Waals surface area contributed by atoms with Gasteiger partial charge in [0.25, 0.3) is 0 Å². The molecule has 2 rings (SSSR count). The summed E-state index contributed by atoms with van der Waals surface area (Å²) in [5.41, 5.74) is 5.73. The van der Waals surface area contributed by atoms with E-state index in [0.717, 1.165) is 24.3 Å². The summed E-state index contributed by atoms with van der Waals surface area (Å²) in [6, 6.07) is 0. The van der Waals surface area contributed by atoms with E-state index in [2.05, 4.69) is 0 Å². The molecule has 2 aliphatic rings. The Morgan fingerprint density at radius 1 is 1.23 bits per heavy atom. The van der Waals surface area contributed by atoms with E-state index in [9.17, 15) is 0 Å². The smallest absolute Gasteiger partial charge is 0.0602 e. The minimum Gasteiger partial charge on any atom is -0.381 e. The normalized spacial score (nSPS) is 40.6. The molecule has 0 saturated heterocycles. The van der Waals surface area contributed by atoms with Crippen LogP contribution < -0.4 is 5.73 Å². The monoisotopic (exact) mass is 183 g/mol. The molecular weight excluding hydrogens is 162 g/mol.